The first-order valence-corrected chi connectivity index (χ1v) is 4.39. The van der Waals surface area contributed by atoms with E-state index in [1.54, 1.807) is 6.08 Å². The maximum Gasteiger partial charge on any atom is 0.168 e. The largest absolute Gasteiger partial charge is 0.492 e. The molecule has 0 spiro atoms. The van der Waals surface area contributed by atoms with Crippen LogP contribution in [0, 0.1) is 5.92 Å². The normalized spacial score (nSPS) is 34.5. The maximum atomic E-state index is 9.92. The lowest BCUT2D eigenvalue weighted by Crippen LogP contribution is -2.37. The van der Waals surface area contributed by atoms with Crippen LogP contribution in [0.1, 0.15) is 13.8 Å². The molecule has 0 amide bonds. The highest BCUT2D eigenvalue weighted by Gasteiger charge is 2.43. The molecule has 0 aromatic carbocycles. The molecular weight excluding hydrogens is 168 g/mol. The van der Waals surface area contributed by atoms with Gasteiger partial charge in [0.1, 0.15) is 18.5 Å². The van der Waals surface area contributed by atoms with E-state index in [1.807, 2.05) is 19.9 Å². The average molecular weight is 184 g/mol. The zero-order valence-electron chi connectivity index (χ0n) is 8.03. The van der Waals surface area contributed by atoms with Crippen LogP contribution in [0.3, 0.4) is 0 Å². The fourth-order valence-corrected chi connectivity index (χ4v) is 1.15. The van der Waals surface area contributed by atoms with Gasteiger partial charge in [-0.05, 0) is 12.0 Å². The van der Waals surface area contributed by atoms with Crippen molar-refractivity contribution < 1.29 is 14.9 Å². The second-order valence-corrected chi connectivity index (χ2v) is 3.68. The van der Waals surface area contributed by atoms with Crippen LogP contribution < -0.4 is 0 Å². The Morgan fingerprint density at radius 3 is 2.69 bits per heavy atom. The first kappa shape index (κ1) is 10.3. The Kier molecular flexibility index (Phi) is 2.78. The summed E-state index contributed by atoms with van der Waals surface area (Å²) in [5.74, 6) is 0.543. The second-order valence-electron chi connectivity index (χ2n) is 3.68. The number of aliphatic hydroxyl groups is 2. The van der Waals surface area contributed by atoms with E-state index in [-0.39, 0.29) is 12.4 Å². The van der Waals surface area contributed by atoms with Crippen LogP contribution >= 0.6 is 0 Å². The monoisotopic (exact) mass is 184 g/mol. The van der Waals surface area contributed by atoms with Crippen LogP contribution in [0.5, 0.6) is 0 Å². The van der Waals surface area contributed by atoms with Gasteiger partial charge in [0, 0.05) is 0 Å². The summed E-state index contributed by atoms with van der Waals surface area (Å²) >= 11 is 0. The highest BCUT2D eigenvalue weighted by Crippen LogP contribution is 2.30. The van der Waals surface area contributed by atoms with Gasteiger partial charge in [-0.3, -0.25) is 0 Å². The molecule has 74 valence electrons. The topological polar surface area (TPSA) is 49.7 Å². The van der Waals surface area contributed by atoms with Crippen LogP contribution in [0.4, 0.5) is 0 Å². The van der Waals surface area contributed by atoms with Crippen LogP contribution in [-0.2, 0) is 4.74 Å². The summed E-state index contributed by atoms with van der Waals surface area (Å²) in [5, 5.41) is 19.4. The summed E-state index contributed by atoms with van der Waals surface area (Å²) in [6.07, 6.45) is 2.47. The first-order valence-electron chi connectivity index (χ1n) is 4.39. The Bertz CT molecular complexity index is 232. The molecule has 0 saturated carbocycles. The smallest absolute Gasteiger partial charge is 0.168 e. The highest BCUT2D eigenvalue weighted by atomic mass is 16.5. The van der Waals surface area contributed by atoms with Crippen LogP contribution in [-0.4, -0.2) is 28.5 Å². The molecule has 0 aliphatic carbocycles. The lowest BCUT2D eigenvalue weighted by atomic mass is 9.96. The van der Waals surface area contributed by atoms with E-state index < -0.39 is 11.7 Å². The summed E-state index contributed by atoms with van der Waals surface area (Å²) in [6, 6.07) is 0. The van der Waals surface area contributed by atoms with Crippen molar-refractivity contribution in [2.45, 2.75) is 25.6 Å². The molecule has 13 heavy (non-hydrogen) atoms. The molecule has 1 rings (SSSR count). The third kappa shape index (κ3) is 1.92. The first-order chi connectivity index (χ1) is 5.97. The van der Waals surface area contributed by atoms with Gasteiger partial charge in [-0.2, -0.15) is 0 Å². The third-order valence-electron chi connectivity index (χ3n) is 2.11. The summed E-state index contributed by atoms with van der Waals surface area (Å²) in [6.45, 7) is 7.64. The minimum atomic E-state index is -1.40. The van der Waals surface area contributed by atoms with Crippen molar-refractivity contribution in [1.82, 2.24) is 0 Å². The molecule has 2 N–H and O–H groups in total. The standard InChI is InChI=1S/C10H16O3/c1-7(2)4-5-10(12)8(3)13-6-9(10)11/h4-5,7,9,11-12H,3,6H2,1-2H3/b5-4+. The summed E-state index contributed by atoms with van der Waals surface area (Å²) < 4.78 is 4.97. The predicted molar refractivity (Wildman–Crippen MR) is 50.0 cm³/mol. The molecule has 0 bridgehead atoms. The van der Waals surface area contributed by atoms with Gasteiger partial charge in [0.15, 0.2) is 5.60 Å². The van der Waals surface area contributed by atoms with E-state index in [4.69, 9.17) is 4.74 Å². The van der Waals surface area contributed by atoms with Crippen molar-refractivity contribution in [3.8, 4) is 0 Å². The van der Waals surface area contributed by atoms with Gasteiger partial charge in [0.25, 0.3) is 0 Å². The van der Waals surface area contributed by atoms with E-state index in [1.165, 1.54) is 0 Å². The van der Waals surface area contributed by atoms with Gasteiger partial charge in [-0.15, -0.1) is 0 Å². The quantitative estimate of drug-likeness (QED) is 0.625. The molecule has 0 aromatic rings. The lowest BCUT2D eigenvalue weighted by Gasteiger charge is -2.20. The molecule has 0 radical (unpaired) electrons. The van der Waals surface area contributed by atoms with Crippen LogP contribution in [0.15, 0.2) is 24.5 Å². The van der Waals surface area contributed by atoms with Crippen molar-refractivity contribution in [1.29, 1.82) is 0 Å². The Balaban J connectivity index is 2.79. The van der Waals surface area contributed by atoms with E-state index in [0.29, 0.717) is 5.92 Å². The SMILES string of the molecule is C=C1OCC(O)C1(O)/C=C/C(C)C. The molecule has 2 unspecified atom stereocenters. The number of ether oxygens (including phenoxy) is 1. The molecule has 3 nitrogen and oxygen atoms in total. The van der Waals surface area contributed by atoms with Gasteiger partial charge < -0.3 is 14.9 Å². The number of hydrogen-bond acceptors (Lipinski definition) is 3. The molecule has 3 heteroatoms. The minimum Gasteiger partial charge on any atom is -0.492 e. The molecule has 1 aliphatic heterocycles. The summed E-state index contributed by atoms with van der Waals surface area (Å²) in [7, 11) is 0. The van der Waals surface area contributed by atoms with Gasteiger partial charge >= 0.3 is 0 Å². The van der Waals surface area contributed by atoms with E-state index >= 15 is 0 Å². The molecule has 0 aromatic heterocycles. The molecule has 2 atom stereocenters. The Morgan fingerprint density at radius 1 is 1.69 bits per heavy atom. The Labute approximate surface area is 78.3 Å². The van der Waals surface area contributed by atoms with Crippen molar-refractivity contribution in [3.63, 3.8) is 0 Å². The van der Waals surface area contributed by atoms with Gasteiger partial charge in [-0.25, -0.2) is 0 Å². The van der Waals surface area contributed by atoms with Crippen molar-refractivity contribution >= 4 is 0 Å². The maximum absolute atomic E-state index is 9.92. The highest BCUT2D eigenvalue weighted by molar-refractivity contribution is 5.24. The van der Waals surface area contributed by atoms with Crippen molar-refractivity contribution in [2.24, 2.45) is 5.92 Å². The summed E-state index contributed by atoms with van der Waals surface area (Å²) in [5.41, 5.74) is -1.40. The number of allylic oxidation sites excluding steroid dienone is 1. The van der Waals surface area contributed by atoms with E-state index in [9.17, 15) is 10.2 Å². The zero-order valence-corrected chi connectivity index (χ0v) is 8.03. The van der Waals surface area contributed by atoms with Gasteiger partial charge in [0.2, 0.25) is 0 Å². The van der Waals surface area contributed by atoms with Crippen LogP contribution in [0.2, 0.25) is 0 Å². The minimum absolute atomic E-state index is 0.109. The molecule has 1 aliphatic rings. The zero-order chi connectivity index (χ0) is 10.1. The lowest BCUT2D eigenvalue weighted by molar-refractivity contribution is 0.0117. The average Bonchev–Trinajstić information content (AvgIpc) is 2.31. The van der Waals surface area contributed by atoms with Crippen molar-refractivity contribution in [2.75, 3.05) is 6.61 Å². The van der Waals surface area contributed by atoms with Crippen molar-refractivity contribution in [3.05, 3.63) is 24.5 Å². The number of aliphatic hydroxyl groups excluding tert-OH is 1. The molecule has 1 fully saturated rings. The molecule has 1 heterocycles. The fourth-order valence-electron chi connectivity index (χ4n) is 1.15. The Morgan fingerprint density at radius 2 is 2.31 bits per heavy atom. The van der Waals surface area contributed by atoms with E-state index in [0.717, 1.165) is 0 Å². The van der Waals surface area contributed by atoms with Crippen LogP contribution in [0.25, 0.3) is 0 Å². The number of hydrogen-bond donors (Lipinski definition) is 2. The van der Waals surface area contributed by atoms with E-state index in [2.05, 4.69) is 6.58 Å². The fraction of sp³-hybridized carbons (Fsp3) is 0.600. The second kappa shape index (κ2) is 3.52. The molecule has 1 saturated heterocycles. The molecular formula is C10H16O3. The number of rotatable bonds is 2. The predicted octanol–water partition coefficient (Wildman–Crippen LogP) is 0.835. The van der Waals surface area contributed by atoms with Gasteiger partial charge in [0.05, 0.1) is 0 Å². The van der Waals surface area contributed by atoms with Gasteiger partial charge in [-0.1, -0.05) is 26.5 Å². The third-order valence-corrected chi connectivity index (χ3v) is 2.11. The summed E-state index contributed by atoms with van der Waals surface area (Å²) in [4.78, 5) is 0. The Hall–Kier alpha value is -0.800.